The minimum Gasteiger partial charge on any atom is -0.772 e. The van der Waals surface area contributed by atoms with Crippen molar-refractivity contribution < 1.29 is 8.50 Å². The van der Waals surface area contributed by atoms with Crippen molar-refractivity contribution in [2.24, 2.45) is 0 Å². The molecular weight excluding hydrogens is 317 g/mol. The van der Waals surface area contributed by atoms with Crippen LogP contribution >= 0.6 is 34.8 Å². The molecule has 0 bridgehead atoms. The normalized spacial score (nSPS) is 15.7. The van der Waals surface area contributed by atoms with Crippen molar-refractivity contribution in [3.05, 3.63) is 29.6 Å². The molecule has 0 aliphatic heterocycles. The van der Waals surface area contributed by atoms with E-state index in [1.807, 2.05) is 6.19 Å². The number of nitriles is 1. The van der Waals surface area contributed by atoms with Gasteiger partial charge < -0.3 is 4.55 Å². The van der Waals surface area contributed by atoms with E-state index in [1.165, 1.54) is 12.5 Å². The molecule has 0 saturated carbocycles. The van der Waals surface area contributed by atoms with Crippen LogP contribution in [-0.2, 0) is 14.8 Å². The van der Waals surface area contributed by atoms with E-state index < -0.39 is 14.8 Å². The maximum Gasteiger partial charge on any atom is 0.465 e. The van der Waals surface area contributed by atoms with Gasteiger partial charge in [0.05, 0.1) is 5.69 Å². The van der Waals surface area contributed by atoms with Crippen molar-refractivity contribution in [3.8, 4) is 6.19 Å². The Morgan fingerprint density at radius 2 is 2.11 bits per heavy atom. The molecule has 0 fully saturated rings. The molecule has 1 aromatic rings. The third-order valence-electron chi connectivity index (χ3n) is 2.29. The van der Waals surface area contributed by atoms with Crippen LogP contribution in [0.4, 0.5) is 0 Å². The number of rotatable bonds is 2. The predicted molar refractivity (Wildman–Crippen MR) is 71.8 cm³/mol. The maximum absolute atomic E-state index is 11.3. The van der Waals surface area contributed by atoms with E-state index >= 15 is 0 Å². The standard InChI is InChI=1S/C10H10Cl3N3OS/c1-7(16(6-14)18(2)17)8-3-4-9(15-5-8)10(11,12)13/h3-5,7H,1-2H3. The third kappa shape index (κ3) is 3.81. The lowest BCUT2D eigenvalue weighted by atomic mass is 10.1. The minimum absolute atomic E-state index is 0.296. The van der Waals surface area contributed by atoms with Crippen LogP contribution in [0.3, 0.4) is 0 Å². The second kappa shape index (κ2) is 6.18. The molecule has 1 rings (SSSR count). The summed E-state index contributed by atoms with van der Waals surface area (Å²) in [4.78, 5) is 4.02. The molecule has 8 heteroatoms. The summed E-state index contributed by atoms with van der Waals surface area (Å²) in [5, 5.41) is 8.91. The fourth-order valence-corrected chi connectivity index (χ4v) is 2.34. The maximum atomic E-state index is 11.3. The Balaban J connectivity index is 3.08. The van der Waals surface area contributed by atoms with E-state index in [1.54, 1.807) is 19.1 Å². The summed E-state index contributed by atoms with van der Waals surface area (Å²) >= 11 is 17.1. The molecule has 0 N–H and O–H groups in total. The molecule has 1 aromatic heterocycles. The van der Waals surface area contributed by atoms with Crippen molar-refractivity contribution in [1.82, 2.24) is 4.98 Å². The molecule has 0 radical (unpaired) electrons. The van der Waals surface area contributed by atoms with Gasteiger partial charge in [-0.2, -0.15) is 3.95 Å². The number of halogens is 3. The van der Waals surface area contributed by atoms with E-state index in [9.17, 15) is 4.55 Å². The molecular formula is C10H10Cl3N3OS. The highest BCUT2D eigenvalue weighted by molar-refractivity contribution is 7.78. The summed E-state index contributed by atoms with van der Waals surface area (Å²) in [6.07, 6.45) is 4.80. The lowest BCUT2D eigenvalue weighted by molar-refractivity contribution is -0.463. The number of nitrogens with zero attached hydrogens (tertiary/aromatic N) is 3. The Hall–Kier alpha value is -0.380. The third-order valence-corrected chi connectivity index (χ3v) is 3.82. The van der Waals surface area contributed by atoms with Crippen LogP contribution in [0.1, 0.15) is 24.2 Å². The average molecular weight is 327 g/mol. The van der Waals surface area contributed by atoms with Crippen LogP contribution < -0.4 is 0 Å². The monoisotopic (exact) mass is 325 g/mol. The SMILES string of the molecule is CC(c1ccc(C(Cl)(Cl)Cl)nc1)[N+](C#N)=S(C)[O-]. The molecule has 4 nitrogen and oxygen atoms in total. The lowest BCUT2D eigenvalue weighted by Gasteiger charge is -2.15. The molecule has 18 heavy (non-hydrogen) atoms. The van der Waals surface area contributed by atoms with Crippen molar-refractivity contribution in [3.63, 3.8) is 0 Å². The molecule has 2 atom stereocenters. The highest BCUT2D eigenvalue weighted by Crippen LogP contribution is 2.37. The number of hydrogen-bond acceptors (Lipinski definition) is 3. The fraction of sp³-hybridized carbons (Fsp3) is 0.400. The Morgan fingerprint density at radius 3 is 2.44 bits per heavy atom. The van der Waals surface area contributed by atoms with E-state index in [4.69, 9.17) is 40.1 Å². The lowest BCUT2D eigenvalue weighted by Crippen LogP contribution is -2.15. The molecule has 0 saturated heterocycles. The molecule has 0 spiro atoms. The highest BCUT2D eigenvalue weighted by Gasteiger charge is 2.25. The van der Waals surface area contributed by atoms with Gasteiger partial charge in [0.15, 0.2) is 5.26 Å². The topological polar surface area (TPSA) is 62.8 Å². The second-order valence-electron chi connectivity index (χ2n) is 3.50. The van der Waals surface area contributed by atoms with Crippen LogP contribution in [0.25, 0.3) is 0 Å². The Bertz CT molecular complexity index is 501. The van der Waals surface area contributed by atoms with Gasteiger partial charge in [-0.3, -0.25) is 4.98 Å². The van der Waals surface area contributed by atoms with Crippen molar-refractivity contribution >= 4 is 45.8 Å². The summed E-state index contributed by atoms with van der Waals surface area (Å²) in [6, 6.07) is 2.89. The largest absolute Gasteiger partial charge is 0.772 e. The number of alkyl halides is 3. The fourth-order valence-electron chi connectivity index (χ4n) is 1.32. The first kappa shape index (κ1) is 15.7. The quantitative estimate of drug-likeness (QED) is 0.363. The summed E-state index contributed by atoms with van der Waals surface area (Å²) < 4.78 is 10.9. The van der Waals surface area contributed by atoms with Crippen molar-refractivity contribution in [2.45, 2.75) is 16.8 Å². The first-order valence-electron chi connectivity index (χ1n) is 4.83. The van der Waals surface area contributed by atoms with E-state index in [0.717, 1.165) is 3.95 Å². The predicted octanol–water partition coefficient (Wildman–Crippen LogP) is 3.02. The minimum atomic E-state index is -1.58. The van der Waals surface area contributed by atoms with Crippen LogP contribution in [0.2, 0.25) is 0 Å². The van der Waals surface area contributed by atoms with E-state index in [0.29, 0.717) is 11.3 Å². The number of hydrogen-bond donors (Lipinski definition) is 0. The van der Waals surface area contributed by atoms with Gasteiger partial charge in [-0.25, -0.2) is 0 Å². The summed E-state index contributed by atoms with van der Waals surface area (Å²) in [5.41, 5.74) is 1.01. The van der Waals surface area contributed by atoms with Crippen LogP contribution in [-0.4, -0.2) is 19.7 Å². The van der Waals surface area contributed by atoms with Crippen molar-refractivity contribution in [1.29, 1.82) is 5.26 Å². The zero-order valence-electron chi connectivity index (χ0n) is 9.60. The van der Waals surface area contributed by atoms with E-state index in [2.05, 4.69) is 4.98 Å². The zero-order chi connectivity index (χ0) is 13.9. The van der Waals surface area contributed by atoms with Gasteiger partial charge in [-0.05, 0) is 19.2 Å². The Morgan fingerprint density at radius 1 is 1.50 bits per heavy atom. The van der Waals surface area contributed by atoms with Gasteiger partial charge in [0.1, 0.15) is 6.04 Å². The molecule has 2 unspecified atom stereocenters. The smallest absolute Gasteiger partial charge is 0.465 e. The van der Waals surface area contributed by atoms with Gasteiger partial charge in [-0.15, -0.1) is 11.0 Å². The summed E-state index contributed by atoms with van der Waals surface area (Å²) in [5.74, 6) is 0. The average Bonchev–Trinajstić information content (AvgIpc) is 2.28. The molecule has 0 aliphatic carbocycles. The number of aromatic nitrogens is 1. The van der Waals surface area contributed by atoms with Gasteiger partial charge in [0.25, 0.3) is 0 Å². The van der Waals surface area contributed by atoms with Crippen molar-refractivity contribution in [2.75, 3.05) is 6.26 Å². The van der Waals surface area contributed by atoms with Crippen LogP contribution in [0, 0.1) is 11.5 Å². The Labute approximate surface area is 123 Å². The van der Waals surface area contributed by atoms with Gasteiger partial charge in [-0.1, -0.05) is 40.9 Å². The summed E-state index contributed by atoms with van der Waals surface area (Å²) in [7, 11) is -1.39. The number of pyridine rings is 1. The summed E-state index contributed by atoms with van der Waals surface area (Å²) in [6.45, 7) is 1.75. The molecule has 0 aromatic carbocycles. The first-order chi connectivity index (χ1) is 8.27. The van der Waals surface area contributed by atoms with E-state index in [-0.39, 0.29) is 6.04 Å². The molecule has 0 aliphatic rings. The van der Waals surface area contributed by atoms with Gasteiger partial charge in [0.2, 0.25) is 3.79 Å². The van der Waals surface area contributed by atoms with Gasteiger partial charge >= 0.3 is 6.19 Å². The second-order valence-corrected chi connectivity index (χ2v) is 7.02. The first-order valence-corrected chi connectivity index (χ1v) is 7.48. The molecule has 0 amide bonds. The van der Waals surface area contributed by atoms with Gasteiger partial charge in [0, 0.05) is 11.8 Å². The van der Waals surface area contributed by atoms with Crippen LogP contribution in [0.5, 0.6) is 0 Å². The van der Waals surface area contributed by atoms with Crippen LogP contribution in [0.15, 0.2) is 18.3 Å². The molecule has 1 heterocycles. The highest BCUT2D eigenvalue weighted by atomic mass is 35.6. The zero-order valence-corrected chi connectivity index (χ0v) is 12.7. The Kier molecular flexibility index (Phi) is 5.38. The molecule has 98 valence electrons.